The van der Waals surface area contributed by atoms with Gasteiger partial charge in [0.15, 0.2) is 5.69 Å². The fourth-order valence-corrected chi connectivity index (χ4v) is 3.50. The average molecular weight is 424 g/mol. The van der Waals surface area contributed by atoms with Crippen LogP contribution < -0.4 is 10.9 Å². The zero-order valence-electron chi connectivity index (χ0n) is 15.1. The predicted octanol–water partition coefficient (Wildman–Crippen LogP) is 4.62. The second kappa shape index (κ2) is 8.07. The van der Waals surface area contributed by atoms with Gasteiger partial charge in [-0.25, -0.2) is 0 Å². The lowest BCUT2D eigenvalue weighted by Crippen LogP contribution is -2.29. The van der Waals surface area contributed by atoms with E-state index < -0.39 is 5.91 Å². The highest BCUT2D eigenvalue weighted by atomic mass is 35.5. The van der Waals surface area contributed by atoms with Crippen molar-refractivity contribution < 1.29 is 4.79 Å². The highest BCUT2D eigenvalue weighted by Crippen LogP contribution is 2.21. The number of amides is 1. The molecule has 7 heteroatoms. The number of nitrogens with one attached hydrogen (secondary N) is 1. The topological polar surface area (TPSA) is 64.0 Å². The van der Waals surface area contributed by atoms with Crippen LogP contribution in [-0.2, 0) is 6.54 Å². The van der Waals surface area contributed by atoms with E-state index in [-0.39, 0.29) is 17.8 Å². The SMILES string of the molecule is O=C(NCc1ccc(Cl)cc1Cl)c1nn(-c2ccccc2)c(=O)c2ccccc12. The van der Waals surface area contributed by atoms with Crippen LogP contribution in [0.3, 0.4) is 0 Å². The van der Waals surface area contributed by atoms with Gasteiger partial charge in [-0.1, -0.05) is 65.7 Å². The summed E-state index contributed by atoms with van der Waals surface area (Å²) in [5, 5.41) is 9.07. The number of para-hydroxylation sites is 1. The zero-order chi connectivity index (χ0) is 20.4. The summed E-state index contributed by atoms with van der Waals surface area (Å²) in [7, 11) is 0. The van der Waals surface area contributed by atoms with Crippen LogP contribution in [0.15, 0.2) is 77.6 Å². The molecule has 29 heavy (non-hydrogen) atoms. The number of halogens is 2. The molecule has 1 heterocycles. The minimum Gasteiger partial charge on any atom is -0.346 e. The molecule has 3 aromatic carbocycles. The number of rotatable bonds is 4. The molecule has 144 valence electrons. The fourth-order valence-electron chi connectivity index (χ4n) is 3.03. The van der Waals surface area contributed by atoms with Crippen LogP contribution in [-0.4, -0.2) is 15.7 Å². The van der Waals surface area contributed by atoms with Crippen molar-refractivity contribution in [1.82, 2.24) is 15.1 Å². The molecule has 1 amide bonds. The van der Waals surface area contributed by atoms with Gasteiger partial charge in [0, 0.05) is 22.0 Å². The van der Waals surface area contributed by atoms with Crippen molar-refractivity contribution in [3.05, 3.63) is 104 Å². The highest BCUT2D eigenvalue weighted by Gasteiger charge is 2.17. The van der Waals surface area contributed by atoms with Crippen molar-refractivity contribution in [2.45, 2.75) is 6.54 Å². The van der Waals surface area contributed by atoms with Gasteiger partial charge in [0.25, 0.3) is 11.5 Å². The first kappa shape index (κ1) is 19.2. The summed E-state index contributed by atoms with van der Waals surface area (Å²) in [6, 6.07) is 21.0. The summed E-state index contributed by atoms with van der Waals surface area (Å²) in [5.41, 5.74) is 1.18. The van der Waals surface area contributed by atoms with Crippen molar-refractivity contribution >= 4 is 39.9 Å². The molecule has 0 aliphatic carbocycles. The summed E-state index contributed by atoms with van der Waals surface area (Å²) >= 11 is 12.1. The van der Waals surface area contributed by atoms with Gasteiger partial charge in [0.1, 0.15) is 0 Å². The molecule has 0 aliphatic rings. The van der Waals surface area contributed by atoms with Crippen molar-refractivity contribution in [2.75, 3.05) is 0 Å². The predicted molar refractivity (Wildman–Crippen MR) is 115 cm³/mol. The average Bonchev–Trinajstić information content (AvgIpc) is 2.74. The van der Waals surface area contributed by atoms with Gasteiger partial charge >= 0.3 is 0 Å². The molecule has 0 fully saturated rings. The smallest absolute Gasteiger partial charge is 0.279 e. The van der Waals surface area contributed by atoms with Crippen LogP contribution in [0.4, 0.5) is 0 Å². The Morgan fingerprint density at radius 3 is 2.34 bits per heavy atom. The van der Waals surface area contributed by atoms with Crippen molar-refractivity contribution in [2.24, 2.45) is 0 Å². The van der Waals surface area contributed by atoms with Crippen LogP contribution in [0.2, 0.25) is 10.0 Å². The summed E-state index contributed by atoms with van der Waals surface area (Å²) in [6.07, 6.45) is 0. The molecule has 0 radical (unpaired) electrons. The third-order valence-corrected chi connectivity index (χ3v) is 5.06. The molecule has 0 aliphatic heterocycles. The van der Waals surface area contributed by atoms with Crippen LogP contribution in [0, 0.1) is 0 Å². The largest absolute Gasteiger partial charge is 0.346 e. The van der Waals surface area contributed by atoms with E-state index in [0.717, 1.165) is 5.56 Å². The van der Waals surface area contributed by atoms with Gasteiger partial charge in [0.05, 0.1) is 11.1 Å². The van der Waals surface area contributed by atoms with Gasteiger partial charge in [-0.2, -0.15) is 9.78 Å². The number of aromatic nitrogens is 2. The summed E-state index contributed by atoms with van der Waals surface area (Å²) in [4.78, 5) is 25.8. The number of nitrogens with zero attached hydrogens (tertiary/aromatic N) is 2. The lowest BCUT2D eigenvalue weighted by molar-refractivity contribution is 0.0946. The maximum absolute atomic E-state index is 12.9. The maximum atomic E-state index is 12.9. The summed E-state index contributed by atoms with van der Waals surface area (Å²) < 4.78 is 1.24. The molecule has 0 spiro atoms. The van der Waals surface area contributed by atoms with Crippen molar-refractivity contribution in [3.63, 3.8) is 0 Å². The number of benzene rings is 3. The lowest BCUT2D eigenvalue weighted by Gasteiger charge is -2.12. The molecule has 0 saturated carbocycles. The van der Waals surface area contributed by atoms with Crippen molar-refractivity contribution in [1.29, 1.82) is 0 Å². The molecule has 4 aromatic rings. The van der Waals surface area contributed by atoms with Crippen LogP contribution >= 0.6 is 23.2 Å². The Morgan fingerprint density at radius 1 is 0.931 bits per heavy atom. The van der Waals surface area contributed by atoms with Gasteiger partial charge in [-0.3, -0.25) is 9.59 Å². The Balaban J connectivity index is 1.75. The molecular weight excluding hydrogens is 409 g/mol. The molecular formula is C22H15Cl2N3O2. The molecule has 5 nitrogen and oxygen atoms in total. The minimum atomic E-state index is -0.406. The van der Waals surface area contributed by atoms with Gasteiger partial charge in [-0.05, 0) is 35.9 Å². The molecule has 0 saturated heterocycles. The highest BCUT2D eigenvalue weighted by molar-refractivity contribution is 6.35. The molecule has 0 unspecified atom stereocenters. The number of carbonyl (C=O) groups excluding carboxylic acids is 1. The Kier molecular flexibility index (Phi) is 5.34. The third-order valence-electron chi connectivity index (χ3n) is 4.48. The summed E-state index contributed by atoms with van der Waals surface area (Å²) in [5.74, 6) is -0.406. The number of carbonyl (C=O) groups is 1. The third kappa shape index (κ3) is 3.88. The first-order valence-electron chi connectivity index (χ1n) is 8.84. The summed E-state index contributed by atoms with van der Waals surface area (Å²) in [6.45, 7) is 0.204. The maximum Gasteiger partial charge on any atom is 0.279 e. The molecule has 1 aromatic heterocycles. The molecule has 0 bridgehead atoms. The first-order valence-corrected chi connectivity index (χ1v) is 9.60. The van der Waals surface area contributed by atoms with E-state index in [0.29, 0.717) is 26.5 Å². The monoisotopic (exact) mass is 423 g/mol. The van der Waals surface area contributed by atoms with Gasteiger partial charge in [0.2, 0.25) is 0 Å². The Morgan fingerprint density at radius 2 is 1.62 bits per heavy atom. The van der Waals surface area contributed by atoms with Crippen LogP contribution in [0.5, 0.6) is 0 Å². The zero-order valence-corrected chi connectivity index (χ0v) is 16.6. The minimum absolute atomic E-state index is 0.161. The number of hydrogen-bond acceptors (Lipinski definition) is 3. The van der Waals surface area contributed by atoms with Crippen molar-refractivity contribution in [3.8, 4) is 5.69 Å². The van der Waals surface area contributed by atoms with E-state index in [1.165, 1.54) is 4.68 Å². The Bertz CT molecular complexity index is 1270. The Hall–Kier alpha value is -3.15. The van der Waals surface area contributed by atoms with E-state index in [1.54, 1.807) is 66.7 Å². The number of hydrogen-bond donors (Lipinski definition) is 1. The first-order chi connectivity index (χ1) is 14.0. The second-order valence-corrected chi connectivity index (χ2v) is 7.21. The molecule has 4 rings (SSSR count). The number of fused-ring (bicyclic) bond motifs is 1. The normalized spacial score (nSPS) is 10.8. The van der Waals surface area contributed by atoms with E-state index in [4.69, 9.17) is 23.2 Å². The van der Waals surface area contributed by atoms with Gasteiger partial charge < -0.3 is 5.32 Å². The van der Waals surface area contributed by atoms with Crippen LogP contribution in [0.1, 0.15) is 16.1 Å². The lowest BCUT2D eigenvalue weighted by atomic mass is 10.1. The molecule has 0 atom stereocenters. The standard InChI is InChI=1S/C22H15Cl2N3O2/c23-15-11-10-14(19(24)12-15)13-25-21(28)20-17-8-4-5-9-18(17)22(29)27(26-20)16-6-2-1-3-7-16/h1-12H,13H2,(H,25,28). The van der Waals surface area contributed by atoms with E-state index in [9.17, 15) is 9.59 Å². The second-order valence-electron chi connectivity index (χ2n) is 6.37. The van der Waals surface area contributed by atoms with Crippen LogP contribution in [0.25, 0.3) is 16.5 Å². The van der Waals surface area contributed by atoms with E-state index in [1.807, 2.05) is 6.07 Å². The molecule has 1 N–H and O–H groups in total. The van der Waals surface area contributed by atoms with Gasteiger partial charge in [-0.15, -0.1) is 0 Å². The van der Waals surface area contributed by atoms with E-state index in [2.05, 4.69) is 10.4 Å². The Labute approximate surface area is 176 Å². The fraction of sp³-hybridized carbons (Fsp3) is 0.0455. The van der Waals surface area contributed by atoms with E-state index >= 15 is 0 Å². The quantitative estimate of drug-likeness (QED) is 0.520.